The van der Waals surface area contributed by atoms with E-state index in [1.165, 1.54) is 23.9 Å². The molecule has 1 heterocycles. The normalized spacial score (nSPS) is 12.3. The number of aromatic carboxylic acids is 1. The van der Waals surface area contributed by atoms with Crippen LogP contribution in [0.5, 0.6) is 0 Å². The van der Waals surface area contributed by atoms with Crippen molar-refractivity contribution in [2.75, 3.05) is 5.75 Å². The maximum atomic E-state index is 10.6. The molecule has 4 nitrogen and oxygen atoms in total. The van der Waals surface area contributed by atoms with Gasteiger partial charge in [-0.15, -0.1) is 11.8 Å². The summed E-state index contributed by atoms with van der Waals surface area (Å²) in [4.78, 5) is 11.7. The first kappa shape index (κ1) is 12.7. The van der Waals surface area contributed by atoms with Gasteiger partial charge >= 0.3 is 5.97 Å². The summed E-state index contributed by atoms with van der Waals surface area (Å²) in [7, 11) is 0. The predicted molar refractivity (Wildman–Crippen MR) is 67.8 cm³/mol. The monoisotopic (exact) mass is 264 g/mol. The summed E-state index contributed by atoms with van der Waals surface area (Å²) < 4.78 is 5.03. The van der Waals surface area contributed by atoms with Gasteiger partial charge in [0.2, 0.25) is 5.76 Å². The van der Waals surface area contributed by atoms with Crippen LogP contribution in [0.25, 0.3) is 0 Å². The van der Waals surface area contributed by atoms with Gasteiger partial charge in [-0.1, -0.05) is 18.2 Å². The number of carboxylic acids is 1. The highest BCUT2D eigenvalue weighted by molar-refractivity contribution is 7.99. The Morgan fingerprint density at radius 1 is 1.22 bits per heavy atom. The van der Waals surface area contributed by atoms with E-state index in [0.717, 1.165) is 4.90 Å². The van der Waals surface area contributed by atoms with Crippen LogP contribution < -0.4 is 0 Å². The van der Waals surface area contributed by atoms with Crippen LogP contribution >= 0.6 is 11.8 Å². The molecule has 2 rings (SSSR count). The summed E-state index contributed by atoms with van der Waals surface area (Å²) in [5.41, 5.74) is 0. The van der Waals surface area contributed by atoms with Crippen molar-refractivity contribution >= 4 is 17.7 Å². The molecule has 0 amide bonds. The molecule has 1 unspecified atom stereocenters. The summed E-state index contributed by atoms with van der Waals surface area (Å²) in [6.07, 6.45) is -0.816. The zero-order valence-electron chi connectivity index (χ0n) is 9.45. The first-order chi connectivity index (χ1) is 8.66. The van der Waals surface area contributed by atoms with E-state index in [2.05, 4.69) is 0 Å². The molecule has 1 atom stereocenters. The molecule has 0 fully saturated rings. The second-order valence-corrected chi connectivity index (χ2v) is 4.74. The van der Waals surface area contributed by atoms with E-state index in [1.807, 2.05) is 30.3 Å². The van der Waals surface area contributed by atoms with Crippen LogP contribution in [0, 0.1) is 0 Å². The Bertz CT molecular complexity index is 521. The number of carbonyl (C=O) groups is 1. The lowest BCUT2D eigenvalue weighted by Crippen LogP contribution is -1.99. The molecule has 2 N–H and O–H groups in total. The quantitative estimate of drug-likeness (QED) is 0.812. The summed E-state index contributed by atoms with van der Waals surface area (Å²) >= 11 is 1.48. The minimum Gasteiger partial charge on any atom is -0.475 e. The third kappa shape index (κ3) is 3.15. The Hall–Kier alpha value is -1.72. The minimum absolute atomic E-state index is 0.159. The van der Waals surface area contributed by atoms with Crippen molar-refractivity contribution in [3.63, 3.8) is 0 Å². The zero-order chi connectivity index (χ0) is 13.0. The molecule has 2 aromatic rings. The number of furan rings is 1. The third-order valence-corrected chi connectivity index (χ3v) is 3.40. The van der Waals surface area contributed by atoms with Crippen molar-refractivity contribution in [3.8, 4) is 0 Å². The van der Waals surface area contributed by atoms with Crippen LogP contribution in [0.2, 0.25) is 0 Å². The lowest BCUT2D eigenvalue weighted by molar-refractivity contribution is 0.0654. The van der Waals surface area contributed by atoms with Gasteiger partial charge in [0, 0.05) is 10.6 Å². The number of rotatable bonds is 5. The van der Waals surface area contributed by atoms with Gasteiger partial charge in [0.05, 0.1) is 0 Å². The molecule has 0 spiro atoms. The average molecular weight is 264 g/mol. The van der Waals surface area contributed by atoms with E-state index in [1.54, 1.807) is 0 Å². The maximum Gasteiger partial charge on any atom is 0.371 e. The second-order valence-electron chi connectivity index (χ2n) is 3.65. The first-order valence-corrected chi connectivity index (χ1v) is 6.34. The zero-order valence-corrected chi connectivity index (χ0v) is 10.3. The molecule has 94 valence electrons. The van der Waals surface area contributed by atoms with Crippen LogP contribution in [0.15, 0.2) is 51.8 Å². The molecular weight excluding hydrogens is 252 g/mol. The predicted octanol–water partition coefficient (Wildman–Crippen LogP) is 2.80. The smallest absolute Gasteiger partial charge is 0.371 e. The summed E-state index contributed by atoms with van der Waals surface area (Å²) in [6, 6.07) is 12.5. The van der Waals surface area contributed by atoms with Crippen LogP contribution in [0.4, 0.5) is 0 Å². The standard InChI is InChI=1S/C13H12O4S/c14-10(8-18-9-4-2-1-3-5-9)11-6-7-12(17-11)13(15)16/h1-7,10,14H,8H2,(H,15,16). The number of hydrogen-bond acceptors (Lipinski definition) is 4. The Morgan fingerprint density at radius 3 is 2.56 bits per heavy atom. The minimum atomic E-state index is -1.14. The van der Waals surface area contributed by atoms with Gasteiger partial charge in [-0.05, 0) is 24.3 Å². The fraction of sp³-hybridized carbons (Fsp3) is 0.154. The van der Waals surface area contributed by atoms with E-state index < -0.39 is 12.1 Å². The number of aliphatic hydroxyl groups is 1. The Morgan fingerprint density at radius 2 is 1.94 bits per heavy atom. The molecule has 5 heteroatoms. The topological polar surface area (TPSA) is 70.7 Å². The van der Waals surface area contributed by atoms with E-state index in [4.69, 9.17) is 9.52 Å². The molecule has 0 aliphatic carbocycles. The highest BCUT2D eigenvalue weighted by Crippen LogP contribution is 2.25. The largest absolute Gasteiger partial charge is 0.475 e. The third-order valence-electron chi connectivity index (χ3n) is 2.32. The number of carboxylic acid groups (broad SMARTS) is 1. The highest BCUT2D eigenvalue weighted by atomic mass is 32.2. The lowest BCUT2D eigenvalue weighted by Gasteiger charge is -2.07. The maximum absolute atomic E-state index is 10.6. The number of benzene rings is 1. The molecule has 1 aromatic heterocycles. The summed E-state index contributed by atoms with van der Waals surface area (Å²) in [6.45, 7) is 0. The van der Waals surface area contributed by atoms with Crippen LogP contribution in [0.1, 0.15) is 22.4 Å². The number of aliphatic hydroxyl groups excluding tert-OH is 1. The summed E-state index contributed by atoms with van der Waals surface area (Å²) in [5.74, 6) is -0.606. The van der Waals surface area contributed by atoms with E-state index in [-0.39, 0.29) is 11.5 Å². The average Bonchev–Trinajstić information content (AvgIpc) is 2.87. The fourth-order valence-corrected chi connectivity index (χ4v) is 2.29. The molecule has 18 heavy (non-hydrogen) atoms. The van der Waals surface area contributed by atoms with Gasteiger partial charge < -0.3 is 14.6 Å². The van der Waals surface area contributed by atoms with Crippen LogP contribution in [-0.4, -0.2) is 21.9 Å². The molecule has 0 aliphatic rings. The van der Waals surface area contributed by atoms with Crippen molar-refractivity contribution in [3.05, 3.63) is 54.0 Å². The van der Waals surface area contributed by atoms with Crippen molar-refractivity contribution in [1.82, 2.24) is 0 Å². The van der Waals surface area contributed by atoms with Crippen molar-refractivity contribution in [2.24, 2.45) is 0 Å². The van der Waals surface area contributed by atoms with Gasteiger partial charge in [-0.2, -0.15) is 0 Å². The van der Waals surface area contributed by atoms with Gasteiger partial charge in [-0.25, -0.2) is 4.79 Å². The van der Waals surface area contributed by atoms with Crippen LogP contribution in [-0.2, 0) is 0 Å². The van der Waals surface area contributed by atoms with E-state index in [0.29, 0.717) is 5.75 Å². The highest BCUT2D eigenvalue weighted by Gasteiger charge is 2.15. The summed E-state index contributed by atoms with van der Waals surface area (Å²) in [5, 5.41) is 18.6. The second kappa shape index (κ2) is 5.75. The first-order valence-electron chi connectivity index (χ1n) is 5.36. The van der Waals surface area contributed by atoms with Gasteiger partial charge in [0.25, 0.3) is 0 Å². The van der Waals surface area contributed by atoms with Crippen molar-refractivity contribution in [2.45, 2.75) is 11.0 Å². The molecule has 1 aromatic carbocycles. The van der Waals surface area contributed by atoms with Gasteiger partial charge in [0.15, 0.2) is 0 Å². The van der Waals surface area contributed by atoms with E-state index >= 15 is 0 Å². The Labute approximate surface area is 108 Å². The molecule has 0 aliphatic heterocycles. The lowest BCUT2D eigenvalue weighted by atomic mass is 10.3. The number of thioether (sulfide) groups is 1. The van der Waals surface area contributed by atoms with Crippen LogP contribution in [0.3, 0.4) is 0 Å². The molecule has 0 saturated heterocycles. The molecule has 0 saturated carbocycles. The Kier molecular flexibility index (Phi) is 4.07. The number of hydrogen-bond donors (Lipinski definition) is 2. The fourth-order valence-electron chi connectivity index (χ4n) is 1.42. The van der Waals surface area contributed by atoms with Gasteiger partial charge in [0.1, 0.15) is 11.9 Å². The SMILES string of the molecule is O=C(O)c1ccc(C(O)CSc2ccccc2)o1. The van der Waals surface area contributed by atoms with E-state index in [9.17, 15) is 9.90 Å². The molecular formula is C13H12O4S. The molecule has 0 radical (unpaired) electrons. The van der Waals surface area contributed by atoms with Crippen molar-refractivity contribution in [1.29, 1.82) is 0 Å². The molecule has 0 bridgehead atoms. The van der Waals surface area contributed by atoms with Gasteiger partial charge in [-0.3, -0.25) is 0 Å². The van der Waals surface area contributed by atoms with Crippen molar-refractivity contribution < 1.29 is 19.4 Å². The Balaban J connectivity index is 1.95.